The minimum Gasteiger partial charge on any atom is -0.370 e. The number of hydrogen-bond acceptors (Lipinski definition) is 2. The number of hydrogen-bond donors (Lipinski definition) is 1. The summed E-state index contributed by atoms with van der Waals surface area (Å²) in [6.07, 6.45) is -3.78. The maximum absolute atomic E-state index is 11.9. The number of rotatable bonds is 5. The van der Waals surface area contributed by atoms with Crippen LogP contribution in [0.5, 0.6) is 0 Å². The average molecular weight is 261 g/mol. The zero-order chi connectivity index (χ0) is 13.8. The smallest absolute Gasteiger partial charge is 0.370 e. The quantitative estimate of drug-likeness (QED) is 0.884. The van der Waals surface area contributed by atoms with Crippen LogP contribution in [-0.2, 0) is 11.2 Å². The molecule has 18 heavy (non-hydrogen) atoms. The van der Waals surface area contributed by atoms with Gasteiger partial charge in [0, 0.05) is 6.04 Å². The lowest BCUT2D eigenvalue weighted by Gasteiger charge is -2.14. The molecule has 0 saturated heterocycles. The third-order valence-corrected chi connectivity index (χ3v) is 2.38. The lowest BCUT2D eigenvalue weighted by molar-refractivity contribution is -0.174. The van der Waals surface area contributed by atoms with E-state index in [1.165, 1.54) is 0 Å². The Balaban J connectivity index is 2.42. The Hall–Kier alpha value is -1.07. The molecule has 0 aliphatic carbocycles. The van der Waals surface area contributed by atoms with Crippen LogP contribution < -0.4 is 5.73 Å². The Morgan fingerprint density at radius 1 is 1.17 bits per heavy atom. The number of alkyl halides is 3. The maximum Gasteiger partial charge on any atom is 0.411 e. The van der Waals surface area contributed by atoms with Gasteiger partial charge in [-0.25, -0.2) is 0 Å². The van der Waals surface area contributed by atoms with Crippen molar-refractivity contribution < 1.29 is 17.9 Å². The minimum absolute atomic E-state index is 0.0908. The summed E-state index contributed by atoms with van der Waals surface area (Å²) in [5, 5.41) is 0. The van der Waals surface area contributed by atoms with Crippen molar-refractivity contribution in [2.75, 3.05) is 13.2 Å². The van der Waals surface area contributed by atoms with Crippen molar-refractivity contribution in [3.8, 4) is 0 Å². The molecule has 2 nitrogen and oxygen atoms in total. The first-order valence-corrected chi connectivity index (χ1v) is 5.73. The van der Waals surface area contributed by atoms with Crippen LogP contribution in [0.2, 0.25) is 0 Å². The largest absolute Gasteiger partial charge is 0.411 e. The van der Waals surface area contributed by atoms with Crippen LogP contribution in [0.1, 0.15) is 16.7 Å². The van der Waals surface area contributed by atoms with Crippen LogP contribution in [0.25, 0.3) is 0 Å². The third-order valence-electron chi connectivity index (χ3n) is 2.38. The van der Waals surface area contributed by atoms with Gasteiger partial charge in [0.15, 0.2) is 0 Å². The second kappa shape index (κ2) is 6.20. The highest BCUT2D eigenvalue weighted by atomic mass is 19.4. The van der Waals surface area contributed by atoms with E-state index in [4.69, 9.17) is 5.73 Å². The van der Waals surface area contributed by atoms with Crippen molar-refractivity contribution in [2.45, 2.75) is 32.5 Å². The van der Waals surface area contributed by atoms with Crippen LogP contribution in [0.4, 0.5) is 13.2 Å². The van der Waals surface area contributed by atoms with Gasteiger partial charge in [-0.15, -0.1) is 0 Å². The van der Waals surface area contributed by atoms with Crippen LogP contribution in [0.15, 0.2) is 18.2 Å². The highest BCUT2D eigenvalue weighted by Gasteiger charge is 2.27. The molecule has 0 bridgehead atoms. The second-order valence-corrected chi connectivity index (χ2v) is 4.59. The Labute approximate surface area is 105 Å². The summed E-state index contributed by atoms with van der Waals surface area (Å²) in [4.78, 5) is 0. The molecule has 0 amide bonds. The van der Waals surface area contributed by atoms with Crippen molar-refractivity contribution in [1.82, 2.24) is 0 Å². The molecule has 0 radical (unpaired) electrons. The van der Waals surface area contributed by atoms with Gasteiger partial charge in [-0.05, 0) is 25.8 Å². The summed E-state index contributed by atoms with van der Waals surface area (Å²) in [6.45, 7) is 2.62. The van der Waals surface area contributed by atoms with Gasteiger partial charge in [0.05, 0.1) is 6.61 Å². The summed E-state index contributed by atoms with van der Waals surface area (Å²) in [5.74, 6) is 0. The number of halogens is 3. The standard InChI is InChI=1S/C13H18F3NO/c1-9-3-10(2)5-11(4-9)6-12(17)7-18-8-13(14,15)16/h3-5,12H,6-8,17H2,1-2H3. The number of benzene rings is 1. The van der Waals surface area contributed by atoms with Crippen molar-refractivity contribution in [2.24, 2.45) is 5.73 Å². The molecule has 2 N–H and O–H groups in total. The van der Waals surface area contributed by atoms with Crippen LogP contribution in [0.3, 0.4) is 0 Å². The highest BCUT2D eigenvalue weighted by molar-refractivity contribution is 5.29. The summed E-state index contributed by atoms with van der Waals surface area (Å²) >= 11 is 0. The number of aryl methyl sites for hydroxylation is 2. The molecular formula is C13H18F3NO. The molecule has 0 saturated carbocycles. The van der Waals surface area contributed by atoms with Crippen molar-refractivity contribution >= 4 is 0 Å². The van der Waals surface area contributed by atoms with Gasteiger partial charge in [0.25, 0.3) is 0 Å². The predicted molar refractivity (Wildman–Crippen MR) is 64.5 cm³/mol. The van der Waals surface area contributed by atoms with Gasteiger partial charge in [0.2, 0.25) is 0 Å². The van der Waals surface area contributed by atoms with Crippen molar-refractivity contribution in [3.05, 3.63) is 34.9 Å². The zero-order valence-corrected chi connectivity index (χ0v) is 10.6. The first-order chi connectivity index (χ1) is 8.26. The molecule has 1 unspecified atom stereocenters. The Morgan fingerprint density at radius 3 is 2.22 bits per heavy atom. The summed E-state index contributed by atoms with van der Waals surface area (Å²) in [6, 6.07) is 5.58. The lowest BCUT2D eigenvalue weighted by Crippen LogP contribution is -2.31. The summed E-state index contributed by atoms with van der Waals surface area (Å²) in [5.41, 5.74) is 9.00. The summed E-state index contributed by atoms with van der Waals surface area (Å²) < 4.78 is 40.2. The zero-order valence-electron chi connectivity index (χ0n) is 10.6. The van der Waals surface area contributed by atoms with Gasteiger partial charge in [0.1, 0.15) is 6.61 Å². The molecule has 5 heteroatoms. The van der Waals surface area contributed by atoms with E-state index >= 15 is 0 Å². The number of nitrogens with two attached hydrogens (primary N) is 1. The molecule has 1 atom stereocenters. The van der Waals surface area contributed by atoms with E-state index in [2.05, 4.69) is 4.74 Å². The molecule has 1 aromatic rings. The highest BCUT2D eigenvalue weighted by Crippen LogP contribution is 2.15. The second-order valence-electron chi connectivity index (χ2n) is 4.59. The third kappa shape index (κ3) is 6.02. The first kappa shape index (κ1) is 15.0. The predicted octanol–water partition coefficient (Wildman–Crippen LogP) is 2.75. The fourth-order valence-corrected chi connectivity index (χ4v) is 1.87. The fourth-order valence-electron chi connectivity index (χ4n) is 1.87. The van der Waals surface area contributed by atoms with Gasteiger partial charge in [-0.2, -0.15) is 13.2 Å². The Morgan fingerprint density at radius 2 is 1.72 bits per heavy atom. The van der Waals surface area contributed by atoms with Gasteiger partial charge in [-0.3, -0.25) is 0 Å². The van der Waals surface area contributed by atoms with E-state index in [0.29, 0.717) is 6.42 Å². The van der Waals surface area contributed by atoms with E-state index in [-0.39, 0.29) is 6.61 Å². The first-order valence-electron chi connectivity index (χ1n) is 5.73. The molecule has 0 aromatic heterocycles. The molecule has 1 rings (SSSR count). The van der Waals surface area contributed by atoms with E-state index < -0.39 is 18.8 Å². The van der Waals surface area contributed by atoms with Crippen molar-refractivity contribution in [1.29, 1.82) is 0 Å². The molecule has 1 aromatic carbocycles. The maximum atomic E-state index is 11.9. The van der Waals surface area contributed by atoms with E-state index in [1.807, 2.05) is 32.0 Å². The topological polar surface area (TPSA) is 35.2 Å². The van der Waals surface area contributed by atoms with E-state index in [9.17, 15) is 13.2 Å². The van der Waals surface area contributed by atoms with Crippen LogP contribution >= 0.6 is 0 Å². The minimum atomic E-state index is -4.29. The van der Waals surface area contributed by atoms with Crippen LogP contribution in [-0.4, -0.2) is 25.4 Å². The molecule has 0 heterocycles. The average Bonchev–Trinajstić information content (AvgIpc) is 2.12. The van der Waals surface area contributed by atoms with Gasteiger partial charge < -0.3 is 10.5 Å². The molecule has 0 aliphatic heterocycles. The lowest BCUT2D eigenvalue weighted by atomic mass is 10.0. The SMILES string of the molecule is Cc1cc(C)cc(CC(N)COCC(F)(F)F)c1. The molecule has 0 spiro atoms. The summed E-state index contributed by atoms with van der Waals surface area (Å²) in [7, 11) is 0. The van der Waals surface area contributed by atoms with Crippen LogP contribution in [0, 0.1) is 13.8 Å². The monoisotopic (exact) mass is 261 g/mol. The van der Waals surface area contributed by atoms with Gasteiger partial charge in [-0.1, -0.05) is 29.3 Å². The van der Waals surface area contributed by atoms with E-state index in [0.717, 1.165) is 16.7 Å². The van der Waals surface area contributed by atoms with Gasteiger partial charge >= 0.3 is 6.18 Å². The Kier molecular flexibility index (Phi) is 5.16. The molecule has 0 fully saturated rings. The molecule has 0 aliphatic rings. The normalized spacial score (nSPS) is 13.7. The molecule has 102 valence electrons. The fraction of sp³-hybridized carbons (Fsp3) is 0.538. The Bertz CT molecular complexity index is 370. The number of ether oxygens (including phenoxy) is 1. The van der Waals surface area contributed by atoms with Crippen molar-refractivity contribution in [3.63, 3.8) is 0 Å². The van der Waals surface area contributed by atoms with E-state index in [1.54, 1.807) is 0 Å². The molecular weight excluding hydrogens is 243 g/mol.